The number of nitrogens with one attached hydrogen (secondary N) is 1. The van der Waals surface area contributed by atoms with Gasteiger partial charge in [-0.15, -0.1) is 0 Å². The number of pyridine rings is 1. The van der Waals surface area contributed by atoms with E-state index in [-0.39, 0.29) is 36.3 Å². The Kier molecular flexibility index (Phi) is 6.46. The zero-order chi connectivity index (χ0) is 22.9. The molecule has 2 saturated carbocycles. The Morgan fingerprint density at radius 2 is 2.09 bits per heavy atom. The Bertz CT molecular complexity index is 928. The lowest BCUT2D eigenvalue weighted by Gasteiger charge is -2.28. The first-order valence-corrected chi connectivity index (χ1v) is 10.8. The monoisotopic (exact) mass is 452 g/mol. The smallest absolute Gasteiger partial charge is 0.412 e. The Morgan fingerprint density at radius 1 is 1.28 bits per heavy atom. The van der Waals surface area contributed by atoms with Gasteiger partial charge in [0.05, 0.1) is 20.3 Å². The van der Waals surface area contributed by atoms with Gasteiger partial charge in [0.25, 0.3) is 5.91 Å². The molecule has 0 saturated heterocycles. The van der Waals surface area contributed by atoms with Crippen LogP contribution in [0.1, 0.15) is 42.6 Å². The number of ether oxygens (including phenoxy) is 2. The van der Waals surface area contributed by atoms with Crippen LogP contribution in [0, 0.1) is 17.8 Å². The van der Waals surface area contributed by atoms with Crippen LogP contribution in [-0.4, -0.2) is 48.5 Å². The van der Waals surface area contributed by atoms with Gasteiger partial charge in [0.1, 0.15) is 0 Å². The van der Waals surface area contributed by atoms with Crippen LogP contribution in [0.5, 0.6) is 11.5 Å². The average Bonchev–Trinajstić information content (AvgIpc) is 3.33. The largest absolute Gasteiger partial charge is 0.503 e. The minimum atomic E-state index is -4.28. The molecule has 1 heterocycles. The number of rotatable bonds is 7. The third-order valence-electron chi connectivity index (χ3n) is 6.79. The van der Waals surface area contributed by atoms with E-state index in [1.165, 1.54) is 25.4 Å². The van der Waals surface area contributed by atoms with Crippen LogP contribution < -0.4 is 10.1 Å². The average molecular weight is 452 g/mol. The molecule has 174 valence electrons. The molecule has 1 amide bonds. The molecule has 6 nitrogen and oxygen atoms in total. The molecule has 1 aromatic rings. The van der Waals surface area contributed by atoms with Gasteiger partial charge in [-0.25, -0.2) is 4.98 Å². The maximum Gasteiger partial charge on any atom is 0.412 e. The lowest BCUT2D eigenvalue weighted by Crippen LogP contribution is -2.40. The summed E-state index contributed by atoms with van der Waals surface area (Å²) in [7, 11) is 1.41. The van der Waals surface area contributed by atoms with Crippen molar-refractivity contribution in [3.63, 3.8) is 0 Å². The van der Waals surface area contributed by atoms with Crippen molar-refractivity contribution in [3.8, 4) is 11.5 Å². The summed E-state index contributed by atoms with van der Waals surface area (Å²) >= 11 is 0. The van der Waals surface area contributed by atoms with Gasteiger partial charge in [-0.1, -0.05) is 6.08 Å². The minimum Gasteiger partial charge on any atom is -0.503 e. The van der Waals surface area contributed by atoms with E-state index in [2.05, 4.69) is 10.3 Å². The number of nitrogens with zero attached hydrogens (tertiary/aromatic N) is 1. The maximum absolute atomic E-state index is 12.9. The number of fused-ring (bicyclic) bond motifs is 2. The number of aromatic hydroxyl groups is 1. The fourth-order valence-electron chi connectivity index (χ4n) is 5.20. The van der Waals surface area contributed by atoms with E-state index in [4.69, 9.17) is 9.47 Å². The quantitative estimate of drug-likeness (QED) is 0.649. The van der Waals surface area contributed by atoms with Crippen molar-refractivity contribution in [2.24, 2.45) is 17.8 Å². The number of allylic oxidation sites excluding steroid dienone is 2. The molecule has 3 unspecified atom stereocenters. The zero-order valence-corrected chi connectivity index (χ0v) is 17.8. The second kappa shape index (κ2) is 9.13. The Hall–Kier alpha value is -2.55. The first kappa shape index (κ1) is 22.6. The molecule has 2 fully saturated rings. The van der Waals surface area contributed by atoms with E-state index in [0.717, 1.165) is 19.3 Å². The van der Waals surface area contributed by atoms with Crippen LogP contribution in [-0.2, 0) is 4.74 Å². The molecule has 0 aromatic carbocycles. The molecule has 0 aliphatic heterocycles. The number of hydrogen-bond acceptors (Lipinski definition) is 5. The third-order valence-corrected chi connectivity index (χ3v) is 6.79. The van der Waals surface area contributed by atoms with Crippen molar-refractivity contribution in [2.45, 2.75) is 44.3 Å². The number of methoxy groups -OCH3 is 1. The van der Waals surface area contributed by atoms with Crippen molar-refractivity contribution >= 4 is 5.91 Å². The van der Waals surface area contributed by atoms with Crippen LogP contribution >= 0.6 is 0 Å². The summed E-state index contributed by atoms with van der Waals surface area (Å²) < 4.78 is 49.5. The van der Waals surface area contributed by atoms with Crippen LogP contribution in [0.15, 0.2) is 35.6 Å². The molecule has 2 N–H and O–H groups in total. The normalized spacial score (nSPS) is 27.1. The summed E-state index contributed by atoms with van der Waals surface area (Å²) in [6.45, 7) is 0.695. The second-order valence-electron chi connectivity index (χ2n) is 8.78. The van der Waals surface area contributed by atoms with Gasteiger partial charge in [0.2, 0.25) is 0 Å². The SMILES string of the molecule is COc1ccnc(C(=O)NC2CC3CC2C[C@@H]3COCC2=CCCC(C(F)(F)F)=C2)c1O. The van der Waals surface area contributed by atoms with Crippen molar-refractivity contribution in [3.05, 3.63) is 41.3 Å². The lowest BCUT2D eigenvalue weighted by molar-refractivity contribution is -0.0942. The summed E-state index contributed by atoms with van der Waals surface area (Å²) in [5.74, 6) is 0.548. The van der Waals surface area contributed by atoms with E-state index in [1.54, 1.807) is 0 Å². The Balaban J connectivity index is 1.25. The van der Waals surface area contributed by atoms with Crippen LogP contribution in [0.4, 0.5) is 13.2 Å². The highest BCUT2D eigenvalue weighted by molar-refractivity contribution is 5.95. The molecule has 9 heteroatoms. The summed E-state index contributed by atoms with van der Waals surface area (Å²) in [5.41, 5.74) is 0.0372. The number of carbonyl (C=O) groups is 1. The second-order valence-corrected chi connectivity index (χ2v) is 8.78. The Labute approximate surface area is 184 Å². The van der Waals surface area contributed by atoms with Gasteiger partial charge in [-0.3, -0.25) is 4.79 Å². The first-order chi connectivity index (χ1) is 15.3. The zero-order valence-electron chi connectivity index (χ0n) is 17.8. The highest BCUT2D eigenvalue weighted by Gasteiger charge is 2.46. The molecule has 4 rings (SSSR count). The summed E-state index contributed by atoms with van der Waals surface area (Å²) in [4.78, 5) is 16.6. The Morgan fingerprint density at radius 3 is 2.78 bits per heavy atom. The van der Waals surface area contributed by atoms with Crippen molar-refractivity contribution in [2.75, 3.05) is 20.3 Å². The van der Waals surface area contributed by atoms with Gasteiger partial charge < -0.3 is 19.9 Å². The van der Waals surface area contributed by atoms with E-state index < -0.39 is 17.7 Å². The number of hydrogen-bond donors (Lipinski definition) is 2. The first-order valence-electron chi connectivity index (χ1n) is 10.8. The number of halogens is 3. The molecule has 2 bridgehead atoms. The van der Waals surface area contributed by atoms with Gasteiger partial charge in [0.15, 0.2) is 17.2 Å². The molecule has 3 aliphatic carbocycles. The molecule has 0 radical (unpaired) electrons. The molecule has 1 aromatic heterocycles. The summed E-state index contributed by atoms with van der Waals surface area (Å²) in [5, 5.41) is 13.1. The highest BCUT2D eigenvalue weighted by atomic mass is 19.4. The summed E-state index contributed by atoms with van der Waals surface area (Å²) in [6.07, 6.45) is 3.26. The lowest BCUT2D eigenvalue weighted by atomic mass is 9.86. The van der Waals surface area contributed by atoms with Crippen molar-refractivity contribution < 1.29 is 32.5 Å². The fraction of sp³-hybridized carbons (Fsp3) is 0.565. The van der Waals surface area contributed by atoms with Gasteiger partial charge in [-0.05, 0) is 61.5 Å². The van der Waals surface area contributed by atoms with Crippen molar-refractivity contribution in [1.29, 1.82) is 0 Å². The van der Waals surface area contributed by atoms with E-state index in [1.807, 2.05) is 6.08 Å². The standard InChI is InChI=1S/C23H27F3N2O4/c1-31-19-5-6-27-20(21(19)29)22(30)28-18-10-14-8-15(18)9-16(14)12-32-11-13-3-2-4-17(7-13)23(24,25)26/h3,5-7,14-16,18,29H,2,4,8-12H2,1H3,(H,28,30)/t14?,15?,16-,18?/m1/s1. The minimum absolute atomic E-state index is 0.00878. The highest BCUT2D eigenvalue weighted by Crippen LogP contribution is 2.48. The topological polar surface area (TPSA) is 80.7 Å². The van der Waals surface area contributed by atoms with E-state index >= 15 is 0 Å². The van der Waals surface area contributed by atoms with Crippen LogP contribution in [0.2, 0.25) is 0 Å². The maximum atomic E-state index is 12.9. The van der Waals surface area contributed by atoms with Crippen LogP contribution in [0.25, 0.3) is 0 Å². The third kappa shape index (κ3) is 4.77. The number of amides is 1. The molecule has 4 atom stereocenters. The number of alkyl halides is 3. The fourth-order valence-corrected chi connectivity index (χ4v) is 5.20. The summed E-state index contributed by atoms with van der Waals surface area (Å²) in [6, 6.07) is 1.49. The predicted molar refractivity (Wildman–Crippen MR) is 110 cm³/mol. The van der Waals surface area contributed by atoms with Crippen LogP contribution in [0.3, 0.4) is 0 Å². The number of aromatic nitrogens is 1. The molecule has 3 aliphatic rings. The van der Waals surface area contributed by atoms with E-state index in [0.29, 0.717) is 36.4 Å². The van der Waals surface area contributed by atoms with Gasteiger partial charge in [0, 0.05) is 23.9 Å². The number of carbonyl (C=O) groups excluding carboxylic acids is 1. The van der Waals surface area contributed by atoms with Gasteiger partial charge in [-0.2, -0.15) is 13.2 Å². The van der Waals surface area contributed by atoms with Gasteiger partial charge >= 0.3 is 6.18 Å². The molecular formula is C23H27F3N2O4. The van der Waals surface area contributed by atoms with Crippen molar-refractivity contribution in [1.82, 2.24) is 10.3 Å². The predicted octanol–water partition coefficient (Wildman–Crippen LogP) is 4.17. The molecule has 0 spiro atoms. The molecule has 32 heavy (non-hydrogen) atoms. The van der Waals surface area contributed by atoms with E-state index in [9.17, 15) is 23.1 Å². The molecular weight excluding hydrogens is 425 g/mol.